The van der Waals surface area contributed by atoms with Crippen molar-refractivity contribution in [1.82, 2.24) is 9.97 Å². The normalized spacial score (nSPS) is 21.4. The third-order valence-electron chi connectivity index (χ3n) is 4.33. The number of nitrogens with zero attached hydrogens (tertiary/aromatic N) is 3. The van der Waals surface area contributed by atoms with E-state index in [9.17, 15) is 0 Å². The zero-order valence-electron chi connectivity index (χ0n) is 13.6. The minimum atomic E-state index is -0.0261. The van der Waals surface area contributed by atoms with Crippen LogP contribution in [0, 0.1) is 6.92 Å². The maximum atomic E-state index is 5.64. The van der Waals surface area contributed by atoms with Crippen LogP contribution in [0.2, 0.25) is 0 Å². The predicted octanol–water partition coefficient (Wildman–Crippen LogP) is 2.71. The highest BCUT2D eigenvalue weighted by atomic mass is 16.5. The van der Waals surface area contributed by atoms with Gasteiger partial charge in [-0.1, -0.05) is 0 Å². The Morgan fingerprint density at radius 1 is 1.33 bits per heavy atom. The van der Waals surface area contributed by atoms with Crippen LogP contribution in [0.4, 0.5) is 11.6 Å². The topological polar surface area (TPSA) is 50.3 Å². The zero-order chi connectivity index (χ0) is 15.0. The fraction of sp³-hybridized carbons (Fsp3) is 0.750. The van der Waals surface area contributed by atoms with E-state index >= 15 is 0 Å². The second-order valence-corrected chi connectivity index (χ2v) is 6.70. The molecular formula is C16H26N4O. The molecule has 1 saturated heterocycles. The Kier molecular flexibility index (Phi) is 3.78. The number of hydrogen-bond donors (Lipinski definition) is 1. The molecule has 1 aromatic rings. The molecule has 0 amide bonds. The van der Waals surface area contributed by atoms with Crippen molar-refractivity contribution in [3.05, 3.63) is 11.4 Å². The Bertz CT molecular complexity index is 525. The third-order valence-corrected chi connectivity index (χ3v) is 4.33. The fourth-order valence-electron chi connectivity index (χ4n) is 2.90. The number of anilines is 2. The largest absolute Gasteiger partial charge is 0.377 e. The molecule has 21 heavy (non-hydrogen) atoms. The Balaban J connectivity index is 2.03. The van der Waals surface area contributed by atoms with Crippen LogP contribution >= 0.6 is 0 Å². The summed E-state index contributed by atoms with van der Waals surface area (Å²) < 4.78 is 5.64. The van der Waals surface area contributed by atoms with Gasteiger partial charge in [-0.3, -0.25) is 0 Å². The fourth-order valence-corrected chi connectivity index (χ4v) is 2.90. The van der Waals surface area contributed by atoms with Gasteiger partial charge in [0.1, 0.15) is 17.5 Å². The minimum Gasteiger partial charge on any atom is -0.377 e. The zero-order valence-corrected chi connectivity index (χ0v) is 13.6. The molecule has 1 aliphatic heterocycles. The summed E-state index contributed by atoms with van der Waals surface area (Å²) in [5.74, 6) is 3.64. The molecule has 3 rings (SSSR count). The molecule has 0 radical (unpaired) electrons. The Morgan fingerprint density at radius 2 is 2.10 bits per heavy atom. The van der Waals surface area contributed by atoms with E-state index in [0.717, 1.165) is 49.3 Å². The molecule has 0 atom stereocenters. The van der Waals surface area contributed by atoms with Crippen molar-refractivity contribution < 1.29 is 4.74 Å². The average molecular weight is 290 g/mol. The van der Waals surface area contributed by atoms with Gasteiger partial charge in [-0.2, -0.15) is 0 Å². The third kappa shape index (κ3) is 2.84. The molecule has 2 aliphatic rings. The second-order valence-electron chi connectivity index (χ2n) is 6.70. The van der Waals surface area contributed by atoms with E-state index in [1.165, 1.54) is 12.8 Å². The lowest BCUT2D eigenvalue weighted by atomic mass is 10.0. The van der Waals surface area contributed by atoms with Crippen molar-refractivity contribution >= 4 is 11.6 Å². The van der Waals surface area contributed by atoms with Crippen LogP contribution in [0.15, 0.2) is 0 Å². The van der Waals surface area contributed by atoms with Gasteiger partial charge in [0.15, 0.2) is 0 Å². The van der Waals surface area contributed by atoms with Crippen LogP contribution in [0.5, 0.6) is 0 Å². The van der Waals surface area contributed by atoms with E-state index in [4.69, 9.17) is 14.7 Å². The Morgan fingerprint density at radius 3 is 2.71 bits per heavy atom. The van der Waals surface area contributed by atoms with E-state index < -0.39 is 0 Å². The van der Waals surface area contributed by atoms with Gasteiger partial charge in [0.2, 0.25) is 0 Å². The van der Waals surface area contributed by atoms with Crippen LogP contribution < -0.4 is 10.2 Å². The van der Waals surface area contributed by atoms with Gasteiger partial charge in [-0.15, -0.1) is 0 Å². The molecule has 5 heteroatoms. The summed E-state index contributed by atoms with van der Waals surface area (Å²) in [5.41, 5.74) is 1.12. The molecule has 1 aliphatic carbocycles. The lowest BCUT2D eigenvalue weighted by molar-refractivity contribution is 0.0638. The average Bonchev–Trinajstić information content (AvgIpc) is 3.26. The monoisotopic (exact) mass is 290 g/mol. The van der Waals surface area contributed by atoms with E-state index in [2.05, 4.69) is 37.9 Å². The number of hydrogen-bond acceptors (Lipinski definition) is 5. The Hall–Kier alpha value is -1.36. The van der Waals surface area contributed by atoms with E-state index in [1.807, 2.05) is 0 Å². The molecule has 1 saturated carbocycles. The summed E-state index contributed by atoms with van der Waals surface area (Å²) in [6.45, 7) is 11.9. The standard InChI is InChI=1S/C16H26N4O/c1-5-17-13-11(2)15(19-14(18-13)12-6-7-12)20-8-9-21-10-16(20,3)4/h12H,5-10H2,1-4H3,(H,17,18,19). The molecule has 0 bridgehead atoms. The molecular weight excluding hydrogens is 264 g/mol. The summed E-state index contributed by atoms with van der Waals surface area (Å²) in [5, 5.41) is 3.40. The summed E-state index contributed by atoms with van der Waals surface area (Å²) in [6.07, 6.45) is 2.45. The highest BCUT2D eigenvalue weighted by Crippen LogP contribution is 2.41. The molecule has 0 spiro atoms. The highest BCUT2D eigenvalue weighted by molar-refractivity contribution is 5.60. The first-order valence-electron chi connectivity index (χ1n) is 8.00. The maximum absolute atomic E-state index is 5.64. The number of ether oxygens (including phenoxy) is 1. The SMILES string of the molecule is CCNc1nc(C2CC2)nc(N2CCOCC2(C)C)c1C. The van der Waals surface area contributed by atoms with Crippen LogP contribution in [-0.2, 0) is 4.74 Å². The molecule has 2 fully saturated rings. The van der Waals surface area contributed by atoms with Crippen molar-refractivity contribution in [3.63, 3.8) is 0 Å². The highest BCUT2D eigenvalue weighted by Gasteiger charge is 2.35. The quantitative estimate of drug-likeness (QED) is 0.924. The van der Waals surface area contributed by atoms with Gasteiger partial charge in [0.25, 0.3) is 0 Å². The first kappa shape index (κ1) is 14.6. The van der Waals surface area contributed by atoms with E-state index in [0.29, 0.717) is 5.92 Å². The summed E-state index contributed by atoms with van der Waals surface area (Å²) in [6, 6.07) is 0. The van der Waals surface area contributed by atoms with Crippen molar-refractivity contribution in [1.29, 1.82) is 0 Å². The minimum absolute atomic E-state index is 0.0261. The molecule has 116 valence electrons. The number of nitrogens with one attached hydrogen (secondary N) is 1. The van der Waals surface area contributed by atoms with Gasteiger partial charge in [0, 0.05) is 24.6 Å². The smallest absolute Gasteiger partial charge is 0.137 e. The van der Waals surface area contributed by atoms with E-state index in [-0.39, 0.29) is 5.54 Å². The van der Waals surface area contributed by atoms with E-state index in [1.54, 1.807) is 0 Å². The van der Waals surface area contributed by atoms with Crippen LogP contribution in [0.25, 0.3) is 0 Å². The van der Waals surface area contributed by atoms with Crippen LogP contribution in [0.3, 0.4) is 0 Å². The van der Waals surface area contributed by atoms with Crippen molar-refractivity contribution in [2.75, 3.05) is 36.5 Å². The molecule has 2 heterocycles. The maximum Gasteiger partial charge on any atom is 0.137 e. The lowest BCUT2D eigenvalue weighted by Gasteiger charge is -2.43. The summed E-state index contributed by atoms with van der Waals surface area (Å²) in [4.78, 5) is 12.1. The molecule has 5 nitrogen and oxygen atoms in total. The first-order valence-corrected chi connectivity index (χ1v) is 8.00. The number of morpholine rings is 1. The van der Waals surface area contributed by atoms with Crippen molar-refractivity contribution in [2.45, 2.75) is 52.0 Å². The predicted molar refractivity (Wildman–Crippen MR) is 85.2 cm³/mol. The van der Waals surface area contributed by atoms with Crippen LogP contribution in [-0.4, -0.2) is 41.8 Å². The first-order chi connectivity index (χ1) is 10.0. The van der Waals surface area contributed by atoms with Gasteiger partial charge in [-0.25, -0.2) is 9.97 Å². The van der Waals surface area contributed by atoms with Crippen LogP contribution in [0.1, 0.15) is 50.9 Å². The second kappa shape index (κ2) is 5.44. The number of rotatable bonds is 4. The molecule has 1 N–H and O–H groups in total. The summed E-state index contributed by atoms with van der Waals surface area (Å²) >= 11 is 0. The molecule has 0 aromatic carbocycles. The number of aromatic nitrogens is 2. The molecule has 1 aromatic heterocycles. The van der Waals surface area contributed by atoms with Crippen molar-refractivity contribution in [2.24, 2.45) is 0 Å². The molecule has 0 unspecified atom stereocenters. The van der Waals surface area contributed by atoms with Gasteiger partial charge in [-0.05, 0) is 40.5 Å². The van der Waals surface area contributed by atoms with Gasteiger partial charge < -0.3 is 15.0 Å². The van der Waals surface area contributed by atoms with Gasteiger partial charge >= 0.3 is 0 Å². The van der Waals surface area contributed by atoms with Gasteiger partial charge in [0.05, 0.1) is 18.8 Å². The van der Waals surface area contributed by atoms with Crippen molar-refractivity contribution in [3.8, 4) is 0 Å². The lowest BCUT2D eigenvalue weighted by Crippen LogP contribution is -2.53. The summed E-state index contributed by atoms with van der Waals surface area (Å²) in [7, 11) is 0. The Labute approximate surface area is 127 Å².